The minimum Gasteiger partial charge on any atom is -0.388 e. The van der Waals surface area contributed by atoms with Crippen LogP contribution in [0.2, 0.25) is 0 Å². The SMILES string of the molecule is CNc1ccc(C2c3ccccc3NC(=NCCCCN)C2(C)C)cc1.Cl.Cl.Cl. The van der Waals surface area contributed by atoms with Crippen molar-refractivity contribution in [2.75, 3.05) is 30.8 Å². The molecule has 0 fully saturated rings. The summed E-state index contributed by atoms with van der Waals surface area (Å²) in [5.74, 6) is 1.33. The highest BCUT2D eigenvalue weighted by molar-refractivity contribution is 6.03. The zero-order chi connectivity index (χ0) is 18.6. The highest BCUT2D eigenvalue weighted by Crippen LogP contribution is 2.48. The molecule has 0 aromatic heterocycles. The molecule has 0 aliphatic carbocycles. The maximum atomic E-state index is 5.62. The average Bonchev–Trinajstić information content (AvgIpc) is 2.65. The van der Waals surface area contributed by atoms with Gasteiger partial charge >= 0.3 is 0 Å². The second-order valence-electron chi connectivity index (χ2n) is 7.47. The standard InChI is InChI=1S/C22H30N4.3ClH/c1-22(2)20(16-10-12-17(24-3)13-11-16)18-8-4-5-9-19(18)26-21(22)25-15-7-6-14-23;;;/h4-5,8-13,20,24H,6-7,14-15,23H2,1-3H3,(H,25,26);3*1H. The second kappa shape index (κ2) is 12.3. The van der Waals surface area contributed by atoms with Crippen molar-refractivity contribution in [1.29, 1.82) is 0 Å². The highest BCUT2D eigenvalue weighted by atomic mass is 35.5. The molecule has 1 heterocycles. The Hall–Kier alpha value is -1.46. The van der Waals surface area contributed by atoms with Crippen LogP contribution in [0.4, 0.5) is 11.4 Å². The Labute approximate surface area is 193 Å². The average molecular weight is 460 g/mol. The quantitative estimate of drug-likeness (QED) is 0.484. The first-order valence-electron chi connectivity index (χ1n) is 9.46. The molecular weight excluding hydrogens is 427 g/mol. The molecule has 0 amide bonds. The van der Waals surface area contributed by atoms with Crippen LogP contribution in [-0.4, -0.2) is 26.0 Å². The Morgan fingerprint density at radius 2 is 1.66 bits per heavy atom. The molecule has 162 valence electrons. The lowest BCUT2D eigenvalue weighted by atomic mass is 9.68. The van der Waals surface area contributed by atoms with E-state index in [0.29, 0.717) is 0 Å². The fraction of sp³-hybridized carbons (Fsp3) is 0.409. The van der Waals surface area contributed by atoms with Gasteiger partial charge in [0.1, 0.15) is 5.84 Å². The molecule has 0 spiro atoms. The van der Waals surface area contributed by atoms with Gasteiger partial charge in [-0.05, 0) is 48.7 Å². The fourth-order valence-corrected chi connectivity index (χ4v) is 3.81. The Kier molecular flexibility index (Phi) is 11.7. The van der Waals surface area contributed by atoms with E-state index in [0.717, 1.165) is 43.1 Å². The molecule has 7 heteroatoms. The van der Waals surface area contributed by atoms with E-state index >= 15 is 0 Å². The van der Waals surface area contributed by atoms with E-state index in [2.05, 4.69) is 73.0 Å². The van der Waals surface area contributed by atoms with E-state index in [-0.39, 0.29) is 48.6 Å². The molecule has 1 aliphatic rings. The topological polar surface area (TPSA) is 62.4 Å². The maximum absolute atomic E-state index is 5.62. The van der Waals surface area contributed by atoms with Gasteiger partial charge in [-0.2, -0.15) is 0 Å². The predicted octanol–water partition coefficient (Wildman–Crippen LogP) is 5.71. The molecular formula is C22H33Cl3N4. The van der Waals surface area contributed by atoms with Crippen molar-refractivity contribution in [2.45, 2.75) is 32.6 Å². The van der Waals surface area contributed by atoms with Crippen LogP contribution >= 0.6 is 37.2 Å². The summed E-state index contributed by atoms with van der Waals surface area (Å²) in [6.07, 6.45) is 2.05. The summed E-state index contributed by atoms with van der Waals surface area (Å²) >= 11 is 0. The molecule has 3 rings (SSSR count). The van der Waals surface area contributed by atoms with Gasteiger partial charge in [0, 0.05) is 36.3 Å². The molecule has 2 aromatic carbocycles. The van der Waals surface area contributed by atoms with Crippen molar-refractivity contribution < 1.29 is 0 Å². The highest BCUT2D eigenvalue weighted by Gasteiger charge is 2.41. The van der Waals surface area contributed by atoms with Gasteiger partial charge in [0.15, 0.2) is 0 Å². The zero-order valence-electron chi connectivity index (χ0n) is 17.3. The Morgan fingerprint density at radius 3 is 2.28 bits per heavy atom. The molecule has 1 aliphatic heterocycles. The van der Waals surface area contributed by atoms with Gasteiger partial charge in [-0.3, -0.25) is 4.99 Å². The summed E-state index contributed by atoms with van der Waals surface area (Å²) in [5.41, 5.74) is 10.4. The Morgan fingerprint density at radius 1 is 1.00 bits per heavy atom. The summed E-state index contributed by atoms with van der Waals surface area (Å²) < 4.78 is 0. The summed E-state index contributed by atoms with van der Waals surface area (Å²) in [6, 6.07) is 17.3. The van der Waals surface area contributed by atoms with Crippen LogP contribution in [0.15, 0.2) is 53.5 Å². The number of nitrogens with two attached hydrogens (primary N) is 1. The van der Waals surface area contributed by atoms with Gasteiger partial charge in [-0.25, -0.2) is 0 Å². The second-order valence-corrected chi connectivity index (χ2v) is 7.47. The van der Waals surface area contributed by atoms with Crippen molar-refractivity contribution in [1.82, 2.24) is 0 Å². The summed E-state index contributed by atoms with van der Waals surface area (Å²) in [4.78, 5) is 4.92. The van der Waals surface area contributed by atoms with Crippen LogP contribution in [0.5, 0.6) is 0 Å². The van der Waals surface area contributed by atoms with Crippen LogP contribution < -0.4 is 16.4 Å². The van der Waals surface area contributed by atoms with Crippen molar-refractivity contribution >= 4 is 54.4 Å². The number of amidine groups is 1. The number of fused-ring (bicyclic) bond motifs is 1. The number of halogens is 3. The molecule has 1 unspecified atom stereocenters. The predicted molar refractivity (Wildman–Crippen MR) is 134 cm³/mol. The molecule has 4 N–H and O–H groups in total. The van der Waals surface area contributed by atoms with Crippen molar-refractivity contribution in [3.05, 3.63) is 59.7 Å². The number of benzene rings is 2. The summed E-state index contributed by atoms with van der Waals surface area (Å²) in [7, 11) is 1.95. The number of nitrogens with zero attached hydrogens (tertiary/aromatic N) is 1. The first-order chi connectivity index (χ1) is 12.6. The van der Waals surface area contributed by atoms with E-state index in [9.17, 15) is 0 Å². The monoisotopic (exact) mass is 458 g/mol. The van der Waals surface area contributed by atoms with Gasteiger partial charge in [0.25, 0.3) is 0 Å². The molecule has 0 saturated carbocycles. The molecule has 0 radical (unpaired) electrons. The van der Waals surface area contributed by atoms with E-state index in [1.165, 1.54) is 11.1 Å². The first-order valence-corrected chi connectivity index (χ1v) is 9.46. The molecule has 1 atom stereocenters. The van der Waals surface area contributed by atoms with Gasteiger partial charge in [-0.15, -0.1) is 37.2 Å². The van der Waals surface area contributed by atoms with E-state index in [1.54, 1.807) is 0 Å². The summed E-state index contributed by atoms with van der Waals surface area (Å²) in [6.45, 7) is 6.12. The molecule has 2 aromatic rings. The minimum atomic E-state index is -0.113. The Bertz CT molecular complexity index is 776. The number of aliphatic imine (C=N–C) groups is 1. The smallest absolute Gasteiger partial charge is 0.107 e. The third-order valence-corrected chi connectivity index (χ3v) is 5.27. The molecule has 0 saturated heterocycles. The normalized spacial score (nSPS) is 17.7. The van der Waals surface area contributed by atoms with Crippen LogP contribution in [0.1, 0.15) is 43.7 Å². The number of nitrogens with one attached hydrogen (secondary N) is 2. The van der Waals surface area contributed by atoms with Crippen LogP contribution in [0.3, 0.4) is 0 Å². The maximum Gasteiger partial charge on any atom is 0.107 e. The number of hydrogen-bond donors (Lipinski definition) is 3. The lowest BCUT2D eigenvalue weighted by molar-refractivity contribution is 0.445. The number of para-hydroxylation sites is 1. The van der Waals surface area contributed by atoms with E-state index in [4.69, 9.17) is 10.7 Å². The number of anilines is 2. The van der Waals surface area contributed by atoms with Crippen LogP contribution in [0, 0.1) is 5.41 Å². The molecule has 29 heavy (non-hydrogen) atoms. The Balaban J connectivity index is 0.00000261. The molecule has 0 bridgehead atoms. The van der Waals surface area contributed by atoms with Gasteiger partial charge < -0.3 is 16.4 Å². The van der Waals surface area contributed by atoms with Crippen molar-refractivity contribution in [2.24, 2.45) is 16.1 Å². The summed E-state index contributed by atoms with van der Waals surface area (Å²) in [5, 5.41) is 6.79. The van der Waals surface area contributed by atoms with E-state index in [1.807, 2.05) is 7.05 Å². The number of hydrogen-bond acceptors (Lipinski definition) is 3. The van der Waals surface area contributed by atoms with Crippen LogP contribution in [-0.2, 0) is 0 Å². The third kappa shape index (κ3) is 6.02. The fourth-order valence-electron chi connectivity index (χ4n) is 3.81. The number of rotatable bonds is 6. The molecule has 4 nitrogen and oxygen atoms in total. The lowest BCUT2D eigenvalue weighted by Crippen LogP contribution is -2.41. The number of unbranched alkanes of at least 4 members (excludes halogenated alkanes) is 1. The van der Waals surface area contributed by atoms with Crippen molar-refractivity contribution in [3.63, 3.8) is 0 Å². The lowest BCUT2D eigenvalue weighted by Gasteiger charge is -2.42. The first kappa shape index (κ1) is 27.5. The largest absolute Gasteiger partial charge is 0.388 e. The minimum absolute atomic E-state index is 0. The third-order valence-electron chi connectivity index (χ3n) is 5.27. The van der Waals surface area contributed by atoms with Gasteiger partial charge in [0.2, 0.25) is 0 Å². The van der Waals surface area contributed by atoms with Gasteiger partial charge in [-0.1, -0.05) is 44.2 Å². The van der Waals surface area contributed by atoms with Gasteiger partial charge in [0.05, 0.1) is 0 Å². The van der Waals surface area contributed by atoms with Crippen LogP contribution in [0.25, 0.3) is 0 Å². The zero-order valence-corrected chi connectivity index (χ0v) is 19.7. The van der Waals surface area contributed by atoms with E-state index < -0.39 is 0 Å². The van der Waals surface area contributed by atoms with Crippen molar-refractivity contribution in [3.8, 4) is 0 Å².